The van der Waals surface area contributed by atoms with Crippen LogP contribution in [0.4, 0.5) is 11.6 Å². The molecule has 3 rings (SSSR count). The number of aryl methyl sites for hydroxylation is 1. The number of hydrogen-bond donors (Lipinski definition) is 2. The Kier molecular flexibility index (Phi) is 4.82. The van der Waals surface area contributed by atoms with E-state index in [0.717, 1.165) is 41.4 Å². The summed E-state index contributed by atoms with van der Waals surface area (Å²) in [6.07, 6.45) is 1.02. The quantitative estimate of drug-likeness (QED) is 0.858. The summed E-state index contributed by atoms with van der Waals surface area (Å²) in [4.78, 5) is 11.3. The molecule has 2 aromatic rings. The predicted molar refractivity (Wildman–Crippen MR) is 95.8 cm³/mol. The molecule has 1 aromatic carbocycles. The largest absolute Gasteiger partial charge is 0.394 e. The first-order valence-corrected chi connectivity index (χ1v) is 8.60. The lowest BCUT2D eigenvalue weighted by Crippen LogP contribution is -2.31. The summed E-state index contributed by atoms with van der Waals surface area (Å²) in [6.45, 7) is 5.68. The number of anilines is 2. The Morgan fingerprint density at radius 2 is 2.13 bits per heavy atom. The highest BCUT2D eigenvalue weighted by Gasteiger charge is 2.19. The molecule has 1 aromatic heterocycles. The Labute approximate surface area is 144 Å². The van der Waals surface area contributed by atoms with Crippen molar-refractivity contribution in [2.24, 2.45) is 0 Å². The zero-order valence-electron chi connectivity index (χ0n) is 13.4. The van der Waals surface area contributed by atoms with Crippen LogP contribution in [0, 0.1) is 6.92 Å². The number of aliphatic hydroxyl groups is 1. The molecule has 6 heteroatoms. The van der Waals surface area contributed by atoms with Gasteiger partial charge in [-0.3, -0.25) is 0 Å². The average Bonchev–Trinajstić information content (AvgIpc) is 2.53. The minimum Gasteiger partial charge on any atom is -0.394 e. The Bertz CT molecular complexity index is 707. The van der Waals surface area contributed by atoms with Crippen LogP contribution in [0.5, 0.6) is 0 Å². The molecular weight excluding hydrogens is 356 g/mol. The van der Waals surface area contributed by atoms with Crippen LogP contribution in [-0.4, -0.2) is 34.3 Å². The fourth-order valence-corrected chi connectivity index (χ4v) is 3.22. The Balaban J connectivity index is 1.84. The molecule has 1 aliphatic rings. The van der Waals surface area contributed by atoms with Crippen molar-refractivity contribution in [3.63, 3.8) is 0 Å². The number of nitrogens with zero attached hydrogens (tertiary/aromatic N) is 3. The third-order valence-electron chi connectivity index (χ3n) is 4.00. The smallest absolute Gasteiger partial charge is 0.134 e. The van der Waals surface area contributed by atoms with E-state index in [1.54, 1.807) is 0 Å². The predicted octanol–water partition coefficient (Wildman–Crippen LogP) is 2.90. The molecule has 0 unspecified atom stereocenters. The van der Waals surface area contributed by atoms with Gasteiger partial charge in [-0.1, -0.05) is 22.0 Å². The number of halogens is 1. The third-order valence-corrected chi connectivity index (χ3v) is 4.49. The van der Waals surface area contributed by atoms with Crippen molar-refractivity contribution >= 4 is 27.6 Å². The van der Waals surface area contributed by atoms with E-state index in [4.69, 9.17) is 0 Å². The van der Waals surface area contributed by atoms with Crippen LogP contribution in [0.25, 0.3) is 0 Å². The molecule has 1 atom stereocenters. The van der Waals surface area contributed by atoms with Gasteiger partial charge in [-0.25, -0.2) is 9.97 Å². The van der Waals surface area contributed by atoms with Crippen LogP contribution < -0.4 is 10.2 Å². The lowest BCUT2D eigenvalue weighted by Gasteiger charge is -2.30. The Morgan fingerprint density at radius 1 is 1.30 bits per heavy atom. The molecule has 0 saturated heterocycles. The van der Waals surface area contributed by atoms with Crippen molar-refractivity contribution < 1.29 is 5.11 Å². The van der Waals surface area contributed by atoms with Crippen molar-refractivity contribution in [3.8, 4) is 0 Å². The fourth-order valence-electron chi connectivity index (χ4n) is 2.81. The first kappa shape index (κ1) is 16.2. The summed E-state index contributed by atoms with van der Waals surface area (Å²) in [5, 5.41) is 12.4. The molecule has 0 spiro atoms. The summed E-state index contributed by atoms with van der Waals surface area (Å²) >= 11 is 3.55. The molecule has 0 amide bonds. The van der Waals surface area contributed by atoms with Crippen molar-refractivity contribution in [2.75, 3.05) is 23.4 Å². The summed E-state index contributed by atoms with van der Waals surface area (Å²) in [5.74, 6) is 2.42. The van der Waals surface area contributed by atoms with Crippen LogP contribution in [0.2, 0.25) is 0 Å². The maximum Gasteiger partial charge on any atom is 0.134 e. The molecule has 0 aliphatic carbocycles. The number of rotatable bonds is 4. The molecule has 5 nitrogen and oxygen atoms in total. The summed E-state index contributed by atoms with van der Waals surface area (Å²) < 4.78 is 1.11. The first-order valence-electron chi connectivity index (χ1n) is 7.80. The molecule has 0 bridgehead atoms. The van der Waals surface area contributed by atoms with Gasteiger partial charge in [0, 0.05) is 29.7 Å². The van der Waals surface area contributed by atoms with Crippen LogP contribution >= 0.6 is 15.9 Å². The van der Waals surface area contributed by atoms with E-state index in [1.807, 2.05) is 19.9 Å². The Hall–Kier alpha value is -1.66. The number of hydrogen-bond acceptors (Lipinski definition) is 5. The maximum absolute atomic E-state index is 9.20. The average molecular weight is 377 g/mol. The molecule has 23 heavy (non-hydrogen) atoms. The summed E-state index contributed by atoms with van der Waals surface area (Å²) in [5.41, 5.74) is 2.74. The van der Waals surface area contributed by atoms with Crippen LogP contribution in [0.3, 0.4) is 0 Å². The molecule has 1 aliphatic heterocycles. The van der Waals surface area contributed by atoms with Gasteiger partial charge in [0.1, 0.15) is 17.5 Å². The maximum atomic E-state index is 9.20. The highest BCUT2D eigenvalue weighted by molar-refractivity contribution is 9.10. The van der Waals surface area contributed by atoms with Gasteiger partial charge in [0.25, 0.3) is 0 Å². The molecule has 0 fully saturated rings. The molecule has 2 N–H and O–H groups in total. The van der Waals surface area contributed by atoms with Gasteiger partial charge in [0.15, 0.2) is 0 Å². The van der Waals surface area contributed by atoms with Gasteiger partial charge >= 0.3 is 0 Å². The van der Waals surface area contributed by atoms with E-state index < -0.39 is 0 Å². The van der Waals surface area contributed by atoms with Gasteiger partial charge in [-0.15, -0.1) is 0 Å². The van der Waals surface area contributed by atoms with Crippen LogP contribution in [-0.2, 0) is 13.0 Å². The number of benzene rings is 1. The van der Waals surface area contributed by atoms with Crippen molar-refractivity contribution in [3.05, 3.63) is 45.7 Å². The van der Waals surface area contributed by atoms with E-state index >= 15 is 0 Å². The van der Waals surface area contributed by atoms with Gasteiger partial charge in [-0.05, 0) is 43.5 Å². The standard InChI is InChI=1S/C17H21BrN4O/c1-11(10-23)19-16-8-17(21-12(2)20-16)22-6-5-13-3-4-15(18)7-14(13)9-22/h3-4,7-8,11,23H,5-6,9-10H2,1-2H3,(H,19,20,21)/t11-/m1/s1. The van der Waals surface area contributed by atoms with Crippen molar-refractivity contribution in [1.82, 2.24) is 9.97 Å². The van der Waals surface area contributed by atoms with E-state index in [1.165, 1.54) is 11.1 Å². The molecule has 0 radical (unpaired) electrons. The van der Waals surface area contributed by atoms with Gasteiger partial charge in [0.05, 0.1) is 6.61 Å². The zero-order chi connectivity index (χ0) is 16.4. The third kappa shape index (κ3) is 3.82. The second-order valence-electron chi connectivity index (χ2n) is 5.97. The number of aliphatic hydroxyl groups excluding tert-OH is 1. The highest BCUT2D eigenvalue weighted by Crippen LogP contribution is 2.26. The fraction of sp³-hybridized carbons (Fsp3) is 0.412. The van der Waals surface area contributed by atoms with Crippen molar-refractivity contribution in [2.45, 2.75) is 32.9 Å². The molecule has 122 valence electrons. The van der Waals surface area contributed by atoms with E-state index in [2.05, 4.69) is 54.3 Å². The van der Waals surface area contributed by atoms with E-state index in [0.29, 0.717) is 0 Å². The van der Waals surface area contributed by atoms with E-state index in [-0.39, 0.29) is 12.6 Å². The van der Waals surface area contributed by atoms with Gasteiger partial charge < -0.3 is 15.3 Å². The van der Waals surface area contributed by atoms with Crippen LogP contribution in [0.15, 0.2) is 28.7 Å². The minimum absolute atomic E-state index is 0.0322. The topological polar surface area (TPSA) is 61.3 Å². The zero-order valence-corrected chi connectivity index (χ0v) is 15.0. The summed E-state index contributed by atoms with van der Waals surface area (Å²) in [6, 6.07) is 8.40. The second kappa shape index (κ2) is 6.84. The minimum atomic E-state index is -0.0322. The SMILES string of the molecule is Cc1nc(N[C@H](C)CO)cc(N2CCc3ccc(Br)cc3C2)n1. The number of fused-ring (bicyclic) bond motifs is 1. The van der Waals surface area contributed by atoms with Gasteiger partial charge in [0.2, 0.25) is 0 Å². The van der Waals surface area contributed by atoms with E-state index in [9.17, 15) is 5.11 Å². The number of aromatic nitrogens is 2. The van der Waals surface area contributed by atoms with Crippen molar-refractivity contribution in [1.29, 1.82) is 0 Å². The highest BCUT2D eigenvalue weighted by atomic mass is 79.9. The normalized spacial score (nSPS) is 15.2. The Morgan fingerprint density at radius 3 is 2.91 bits per heavy atom. The molecule has 0 saturated carbocycles. The van der Waals surface area contributed by atoms with Crippen LogP contribution in [0.1, 0.15) is 23.9 Å². The summed E-state index contributed by atoms with van der Waals surface area (Å²) in [7, 11) is 0. The monoisotopic (exact) mass is 376 g/mol. The van der Waals surface area contributed by atoms with Gasteiger partial charge in [-0.2, -0.15) is 0 Å². The first-order chi connectivity index (χ1) is 11.0. The number of nitrogens with one attached hydrogen (secondary N) is 1. The lowest BCUT2D eigenvalue weighted by atomic mass is 10.00. The second-order valence-corrected chi connectivity index (χ2v) is 6.89. The lowest BCUT2D eigenvalue weighted by molar-refractivity contribution is 0.281. The molecular formula is C17H21BrN4O. The molecule has 2 heterocycles.